The summed E-state index contributed by atoms with van der Waals surface area (Å²) in [4.78, 5) is 11.5. The first-order valence-corrected chi connectivity index (χ1v) is 9.98. The molecule has 2 heterocycles. The molecule has 0 amide bonds. The average Bonchev–Trinajstić information content (AvgIpc) is 3.11. The van der Waals surface area contributed by atoms with E-state index in [-0.39, 0.29) is 0 Å². The van der Waals surface area contributed by atoms with Gasteiger partial charge in [0.25, 0.3) is 0 Å². The number of hydrogen-bond acceptors (Lipinski definition) is 5. The van der Waals surface area contributed by atoms with Crippen molar-refractivity contribution in [3.8, 4) is 16.5 Å². The number of thioether (sulfide) groups is 1. The molecular formula is C21H15N3S2. The van der Waals surface area contributed by atoms with E-state index in [0.717, 1.165) is 26.8 Å². The molecule has 0 fully saturated rings. The third-order valence-corrected chi connectivity index (χ3v) is 6.13. The number of nitriles is 1. The van der Waals surface area contributed by atoms with Crippen molar-refractivity contribution >= 4 is 33.3 Å². The Morgan fingerprint density at radius 1 is 1.04 bits per heavy atom. The molecule has 4 aromatic rings. The summed E-state index contributed by atoms with van der Waals surface area (Å²) in [5.74, 6) is 1.61. The second-order valence-corrected chi connectivity index (χ2v) is 7.86. The van der Waals surface area contributed by atoms with E-state index < -0.39 is 0 Å². The van der Waals surface area contributed by atoms with Gasteiger partial charge in [-0.05, 0) is 36.2 Å². The normalized spacial score (nSPS) is 10.8. The molecule has 0 saturated carbocycles. The monoisotopic (exact) mass is 373 g/mol. The van der Waals surface area contributed by atoms with Crippen molar-refractivity contribution in [3.63, 3.8) is 0 Å². The molecule has 0 spiro atoms. The van der Waals surface area contributed by atoms with Crippen LogP contribution in [0.2, 0.25) is 0 Å². The van der Waals surface area contributed by atoms with Crippen LogP contribution in [0.15, 0.2) is 65.7 Å². The Morgan fingerprint density at radius 2 is 1.81 bits per heavy atom. The van der Waals surface area contributed by atoms with Crippen molar-refractivity contribution in [2.75, 3.05) is 0 Å². The van der Waals surface area contributed by atoms with E-state index in [2.05, 4.69) is 46.4 Å². The summed E-state index contributed by atoms with van der Waals surface area (Å²) >= 11 is 3.42. The summed E-state index contributed by atoms with van der Waals surface area (Å²) in [5, 5.41) is 11.0. The molecule has 0 unspecified atom stereocenters. The molecule has 2 aromatic carbocycles. The number of benzene rings is 2. The zero-order chi connectivity index (χ0) is 17.9. The Kier molecular flexibility index (Phi) is 4.70. The first kappa shape index (κ1) is 16.8. The fourth-order valence-corrected chi connectivity index (χ4v) is 4.83. The number of rotatable bonds is 4. The van der Waals surface area contributed by atoms with Gasteiger partial charge in [0.05, 0.1) is 11.6 Å². The highest BCUT2D eigenvalue weighted by Crippen LogP contribution is 2.37. The number of aryl methyl sites for hydroxylation is 1. The van der Waals surface area contributed by atoms with Crippen molar-refractivity contribution in [1.29, 1.82) is 5.26 Å². The van der Waals surface area contributed by atoms with Gasteiger partial charge in [-0.1, -0.05) is 42.5 Å². The van der Waals surface area contributed by atoms with Crippen LogP contribution in [0.3, 0.4) is 0 Å². The molecule has 3 nitrogen and oxygen atoms in total. The van der Waals surface area contributed by atoms with Crippen molar-refractivity contribution < 1.29 is 0 Å². The zero-order valence-corrected chi connectivity index (χ0v) is 15.8. The van der Waals surface area contributed by atoms with Crippen molar-refractivity contribution in [2.45, 2.75) is 17.7 Å². The van der Waals surface area contributed by atoms with Gasteiger partial charge in [0.1, 0.15) is 15.7 Å². The highest BCUT2D eigenvalue weighted by molar-refractivity contribution is 7.98. The maximum absolute atomic E-state index is 8.91. The predicted molar refractivity (Wildman–Crippen MR) is 108 cm³/mol. The maximum Gasteiger partial charge on any atom is 0.128 e. The lowest BCUT2D eigenvalue weighted by atomic mass is 10.2. The molecular weight excluding hydrogens is 358 g/mol. The van der Waals surface area contributed by atoms with Crippen LogP contribution in [-0.4, -0.2) is 9.97 Å². The van der Waals surface area contributed by atoms with Crippen molar-refractivity contribution in [3.05, 3.63) is 77.6 Å². The first-order valence-electron chi connectivity index (χ1n) is 8.18. The molecule has 2 aromatic heterocycles. The minimum absolute atomic E-state index is 0.685. The predicted octanol–water partition coefficient (Wildman–Crippen LogP) is 5.83. The SMILES string of the molecule is Cc1nc(SCc2ccc(C#N)cc2)c2cc(-c3ccccc3)sc2n1. The Labute approximate surface area is 160 Å². The Morgan fingerprint density at radius 3 is 2.54 bits per heavy atom. The van der Waals surface area contributed by atoms with Gasteiger partial charge in [-0.15, -0.1) is 23.1 Å². The molecule has 4 rings (SSSR count). The molecule has 0 aliphatic rings. The van der Waals surface area contributed by atoms with Crippen LogP contribution in [0.25, 0.3) is 20.7 Å². The lowest BCUT2D eigenvalue weighted by molar-refractivity contribution is 1.02. The van der Waals surface area contributed by atoms with Crippen molar-refractivity contribution in [2.24, 2.45) is 0 Å². The summed E-state index contributed by atoms with van der Waals surface area (Å²) in [5.41, 5.74) is 3.07. The molecule has 0 N–H and O–H groups in total. The molecule has 0 atom stereocenters. The van der Waals surface area contributed by atoms with Crippen LogP contribution in [0.4, 0.5) is 0 Å². The lowest BCUT2D eigenvalue weighted by Crippen LogP contribution is -1.90. The molecule has 0 aliphatic heterocycles. The summed E-state index contributed by atoms with van der Waals surface area (Å²) in [6.07, 6.45) is 0. The molecule has 26 heavy (non-hydrogen) atoms. The van der Waals surface area contributed by atoms with Gasteiger partial charge in [-0.2, -0.15) is 5.26 Å². The van der Waals surface area contributed by atoms with Gasteiger partial charge in [0, 0.05) is 16.0 Å². The average molecular weight is 374 g/mol. The quantitative estimate of drug-likeness (QED) is 0.333. The van der Waals surface area contributed by atoms with Gasteiger partial charge in [0.15, 0.2) is 0 Å². The molecule has 0 radical (unpaired) electrons. The minimum atomic E-state index is 0.685. The molecule has 0 aliphatic carbocycles. The molecule has 126 valence electrons. The topological polar surface area (TPSA) is 49.6 Å². The third kappa shape index (κ3) is 3.48. The smallest absolute Gasteiger partial charge is 0.128 e. The summed E-state index contributed by atoms with van der Waals surface area (Å²) in [6.45, 7) is 1.94. The van der Waals surface area contributed by atoms with Crippen LogP contribution in [0.1, 0.15) is 17.0 Å². The van der Waals surface area contributed by atoms with E-state index in [0.29, 0.717) is 5.56 Å². The van der Waals surface area contributed by atoms with Crippen LogP contribution in [0.5, 0.6) is 0 Å². The summed E-state index contributed by atoms with van der Waals surface area (Å²) < 4.78 is 0. The van der Waals surface area contributed by atoms with Gasteiger partial charge in [-0.25, -0.2) is 9.97 Å². The van der Waals surface area contributed by atoms with E-state index in [1.807, 2.05) is 37.3 Å². The number of thiophene rings is 1. The highest BCUT2D eigenvalue weighted by Gasteiger charge is 2.12. The Hall–Kier alpha value is -2.68. The van der Waals surface area contributed by atoms with Crippen LogP contribution >= 0.6 is 23.1 Å². The van der Waals surface area contributed by atoms with Gasteiger partial charge in [0.2, 0.25) is 0 Å². The Bertz CT molecular complexity index is 1090. The number of aromatic nitrogens is 2. The van der Waals surface area contributed by atoms with Crippen LogP contribution in [0, 0.1) is 18.3 Å². The first-order chi connectivity index (χ1) is 12.7. The highest BCUT2D eigenvalue weighted by atomic mass is 32.2. The second-order valence-electron chi connectivity index (χ2n) is 5.87. The third-order valence-electron chi connectivity index (χ3n) is 3.99. The Balaban J connectivity index is 1.65. The van der Waals surface area contributed by atoms with E-state index >= 15 is 0 Å². The molecule has 0 saturated heterocycles. The van der Waals surface area contributed by atoms with E-state index in [4.69, 9.17) is 5.26 Å². The fraction of sp³-hybridized carbons (Fsp3) is 0.0952. The molecule has 0 bridgehead atoms. The van der Waals surface area contributed by atoms with E-state index in [1.165, 1.54) is 16.0 Å². The van der Waals surface area contributed by atoms with Crippen molar-refractivity contribution in [1.82, 2.24) is 9.97 Å². The second kappa shape index (κ2) is 7.28. The van der Waals surface area contributed by atoms with Gasteiger partial charge < -0.3 is 0 Å². The number of fused-ring (bicyclic) bond motifs is 1. The van der Waals surface area contributed by atoms with E-state index in [9.17, 15) is 0 Å². The van der Waals surface area contributed by atoms with E-state index in [1.54, 1.807) is 23.1 Å². The summed E-state index contributed by atoms with van der Waals surface area (Å²) in [6, 6.07) is 22.4. The fourth-order valence-electron chi connectivity index (χ4n) is 2.68. The number of hydrogen-bond donors (Lipinski definition) is 0. The van der Waals surface area contributed by atoms with Crippen LogP contribution in [-0.2, 0) is 5.75 Å². The standard InChI is InChI=1S/C21H15N3S2/c1-14-23-20(25-13-16-9-7-15(12-22)8-10-16)18-11-19(26-21(18)24-14)17-5-3-2-4-6-17/h2-11H,13H2,1H3. The zero-order valence-electron chi connectivity index (χ0n) is 14.1. The minimum Gasteiger partial charge on any atom is -0.226 e. The molecule has 5 heteroatoms. The lowest BCUT2D eigenvalue weighted by Gasteiger charge is -2.04. The summed E-state index contributed by atoms with van der Waals surface area (Å²) in [7, 11) is 0. The maximum atomic E-state index is 8.91. The van der Waals surface area contributed by atoms with Crippen LogP contribution < -0.4 is 0 Å². The number of nitrogens with zero attached hydrogens (tertiary/aromatic N) is 3. The van der Waals surface area contributed by atoms with Gasteiger partial charge >= 0.3 is 0 Å². The van der Waals surface area contributed by atoms with Gasteiger partial charge in [-0.3, -0.25) is 0 Å². The largest absolute Gasteiger partial charge is 0.226 e.